The summed E-state index contributed by atoms with van der Waals surface area (Å²) < 4.78 is 10.5. The van der Waals surface area contributed by atoms with Gasteiger partial charge in [-0.05, 0) is 31.5 Å². The predicted molar refractivity (Wildman–Crippen MR) is 90.9 cm³/mol. The number of benzene rings is 1. The van der Waals surface area contributed by atoms with Crippen molar-refractivity contribution in [3.8, 4) is 5.75 Å². The highest BCUT2D eigenvalue weighted by molar-refractivity contribution is 5.85. The first-order valence-corrected chi connectivity index (χ1v) is 7.33. The molecule has 0 aliphatic carbocycles. The molecule has 2 N–H and O–H groups in total. The van der Waals surface area contributed by atoms with Gasteiger partial charge in [0.15, 0.2) is 0 Å². The van der Waals surface area contributed by atoms with E-state index in [9.17, 15) is 4.79 Å². The molecule has 0 atom stereocenters. The van der Waals surface area contributed by atoms with Crippen LogP contribution in [0.15, 0.2) is 24.3 Å². The van der Waals surface area contributed by atoms with E-state index in [-0.39, 0.29) is 24.4 Å². The summed E-state index contributed by atoms with van der Waals surface area (Å²) in [5.41, 5.74) is 0.956. The molecular formula is C16H27ClN2O3. The second-order valence-corrected chi connectivity index (χ2v) is 5.08. The van der Waals surface area contributed by atoms with E-state index in [0.717, 1.165) is 24.4 Å². The molecule has 1 aromatic carbocycles. The van der Waals surface area contributed by atoms with E-state index < -0.39 is 0 Å². The molecular weight excluding hydrogens is 304 g/mol. The molecule has 0 heterocycles. The molecule has 0 fully saturated rings. The van der Waals surface area contributed by atoms with Crippen LogP contribution in [0, 0.1) is 0 Å². The Kier molecular flexibility index (Phi) is 11.5. The van der Waals surface area contributed by atoms with Gasteiger partial charge in [0.1, 0.15) is 5.75 Å². The van der Waals surface area contributed by atoms with E-state index in [1.807, 2.05) is 38.1 Å². The molecule has 0 saturated carbocycles. The van der Waals surface area contributed by atoms with Gasteiger partial charge in [-0.2, -0.15) is 0 Å². The highest BCUT2D eigenvalue weighted by Crippen LogP contribution is 2.15. The third-order valence-corrected chi connectivity index (χ3v) is 2.74. The van der Waals surface area contributed by atoms with Crippen molar-refractivity contribution in [2.24, 2.45) is 0 Å². The summed E-state index contributed by atoms with van der Waals surface area (Å²) in [6, 6.07) is 7.66. The third kappa shape index (κ3) is 9.60. The van der Waals surface area contributed by atoms with Gasteiger partial charge in [0, 0.05) is 26.7 Å². The Morgan fingerprint density at radius 2 is 2.00 bits per heavy atom. The summed E-state index contributed by atoms with van der Waals surface area (Å²) in [7, 11) is 1.67. The maximum atomic E-state index is 11.8. The number of carbonyl (C=O) groups excluding carboxylic acids is 1. The predicted octanol–water partition coefficient (Wildman–Crippen LogP) is 1.79. The summed E-state index contributed by atoms with van der Waals surface area (Å²) in [6.45, 7) is 6.79. The largest absolute Gasteiger partial charge is 0.491 e. The van der Waals surface area contributed by atoms with E-state index in [1.165, 1.54) is 0 Å². The number of ether oxygens (including phenoxy) is 2. The Morgan fingerprint density at radius 3 is 2.68 bits per heavy atom. The molecule has 1 aromatic rings. The fourth-order valence-electron chi connectivity index (χ4n) is 1.84. The highest BCUT2D eigenvalue weighted by Gasteiger charge is 2.05. The van der Waals surface area contributed by atoms with E-state index in [4.69, 9.17) is 9.47 Å². The van der Waals surface area contributed by atoms with Gasteiger partial charge in [0.05, 0.1) is 19.1 Å². The Balaban J connectivity index is 0.00000441. The van der Waals surface area contributed by atoms with Crippen molar-refractivity contribution in [1.29, 1.82) is 0 Å². The van der Waals surface area contributed by atoms with Gasteiger partial charge in [-0.25, -0.2) is 0 Å². The Morgan fingerprint density at radius 1 is 1.23 bits per heavy atom. The SMILES string of the molecule is COCCNCCNC(=O)Cc1cccc(OC(C)C)c1.Cl. The van der Waals surface area contributed by atoms with Crippen LogP contribution in [0.5, 0.6) is 5.75 Å². The van der Waals surface area contributed by atoms with Gasteiger partial charge in [0.25, 0.3) is 0 Å². The summed E-state index contributed by atoms with van der Waals surface area (Å²) in [4.78, 5) is 11.8. The van der Waals surface area contributed by atoms with Gasteiger partial charge in [0.2, 0.25) is 5.91 Å². The zero-order chi connectivity index (χ0) is 15.5. The van der Waals surface area contributed by atoms with Crippen molar-refractivity contribution in [2.45, 2.75) is 26.4 Å². The average molecular weight is 331 g/mol. The molecule has 126 valence electrons. The molecule has 5 nitrogen and oxygen atoms in total. The van der Waals surface area contributed by atoms with Crippen LogP contribution < -0.4 is 15.4 Å². The van der Waals surface area contributed by atoms with E-state index in [2.05, 4.69) is 10.6 Å². The molecule has 0 aliphatic heterocycles. The van der Waals surface area contributed by atoms with E-state index in [0.29, 0.717) is 19.6 Å². The molecule has 22 heavy (non-hydrogen) atoms. The molecule has 0 saturated heterocycles. The van der Waals surface area contributed by atoms with Crippen molar-refractivity contribution in [1.82, 2.24) is 10.6 Å². The van der Waals surface area contributed by atoms with Crippen LogP contribution in [0.4, 0.5) is 0 Å². The minimum absolute atomic E-state index is 0. The number of carbonyl (C=O) groups is 1. The normalized spacial score (nSPS) is 10.2. The first-order chi connectivity index (χ1) is 10.1. The zero-order valence-corrected chi connectivity index (χ0v) is 14.4. The number of rotatable bonds is 10. The number of halogens is 1. The first kappa shape index (κ1) is 20.7. The maximum Gasteiger partial charge on any atom is 0.224 e. The van der Waals surface area contributed by atoms with Crippen molar-refractivity contribution in [3.05, 3.63) is 29.8 Å². The lowest BCUT2D eigenvalue weighted by Gasteiger charge is -2.11. The Hall–Kier alpha value is -1.30. The summed E-state index contributed by atoms with van der Waals surface area (Å²) >= 11 is 0. The highest BCUT2D eigenvalue weighted by atomic mass is 35.5. The molecule has 0 unspecified atom stereocenters. The lowest BCUT2D eigenvalue weighted by atomic mass is 10.1. The molecule has 0 radical (unpaired) electrons. The monoisotopic (exact) mass is 330 g/mol. The topological polar surface area (TPSA) is 59.6 Å². The molecule has 0 spiro atoms. The van der Waals surface area contributed by atoms with Crippen molar-refractivity contribution < 1.29 is 14.3 Å². The Bertz CT molecular complexity index is 428. The minimum atomic E-state index is 0. The van der Waals surface area contributed by atoms with E-state index in [1.54, 1.807) is 7.11 Å². The molecule has 1 amide bonds. The first-order valence-electron chi connectivity index (χ1n) is 7.33. The number of methoxy groups -OCH3 is 1. The molecule has 0 aliphatic rings. The minimum Gasteiger partial charge on any atom is -0.491 e. The third-order valence-electron chi connectivity index (χ3n) is 2.74. The fourth-order valence-corrected chi connectivity index (χ4v) is 1.84. The van der Waals surface area contributed by atoms with Gasteiger partial charge < -0.3 is 20.1 Å². The van der Waals surface area contributed by atoms with E-state index >= 15 is 0 Å². The second kappa shape index (κ2) is 12.3. The standard InChI is InChI=1S/C16H26N2O3.ClH/c1-13(2)21-15-6-4-5-14(11-15)12-16(19)18-8-7-17-9-10-20-3;/h4-6,11,13,17H,7-10,12H2,1-3H3,(H,18,19);1H. The molecule has 0 aromatic heterocycles. The smallest absolute Gasteiger partial charge is 0.224 e. The molecule has 6 heteroatoms. The Labute approximate surface area is 139 Å². The second-order valence-electron chi connectivity index (χ2n) is 5.08. The quantitative estimate of drug-likeness (QED) is 0.642. The number of amides is 1. The lowest BCUT2D eigenvalue weighted by molar-refractivity contribution is -0.120. The van der Waals surface area contributed by atoms with Crippen LogP contribution >= 0.6 is 12.4 Å². The zero-order valence-electron chi connectivity index (χ0n) is 13.6. The van der Waals surface area contributed by atoms with Crippen LogP contribution in [0.2, 0.25) is 0 Å². The fraction of sp³-hybridized carbons (Fsp3) is 0.562. The van der Waals surface area contributed by atoms with Crippen LogP contribution in [0.3, 0.4) is 0 Å². The summed E-state index contributed by atoms with van der Waals surface area (Å²) in [5.74, 6) is 0.821. The number of hydrogen-bond donors (Lipinski definition) is 2. The van der Waals surface area contributed by atoms with Gasteiger partial charge >= 0.3 is 0 Å². The van der Waals surface area contributed by atoms with Gasteiger partial charge in [-0.15, -0.1) is 12.4 Å². The average Bonchev–Trinajstić information content (AvgIpc) is 2.42. The van der Waals surface area contributed by atoms with Crippen LogP contribution in [-0.2, 0) is 16.0 Å². The lowest BCUT2D eigenvalue weighted by Crippen LogP contribution is -2.33. The van der Waals surface area contributed by atoms with Crippen molar-refractivity contribution in [2.75, 3.05) is 33.4 Å². The number of hydrogen-bond acceptors (Lipinski definition) is 4. The van der Waals surface area contributed by atoms with Crippen LogP contribution in [0.1, 0.15) is 19.4 Å². The molecule has 1 rings (SSSR count). The van der Waals surface area contributed by atoms with Gasteiger partial charge in [-0.1, -0.05) is 12.1 Å². The summed E-state index contributed by atoms with van der Waals surface area (Å²) in [5, 5.41) is 6.06. The molecule has 0 bridgehead atoms. The van der Waals surface area contributed by atoms with Crippen LogP contribution in [-0.4, -0.2) is 45.4 Å². The maximum absolute atomic E-state index is 11.8. The number of nitrogens with one attached hydrogen (secondary N) is 2. The van der Waals surface area contributed by atoms with Crippen molar-refractivity contribution in [3.63, 3.8) is 0 Å². The van der Waals surface area contributed by atoms with Crippen molar-refractivity contribution >= 4 is 18.3 Å². The van der Waals surface area contributed by atoms with Crippen LogP contribution in [0.25, 0.3) is 0 Å². The van der Waals surface area contributed by atoms with Gasteiger partial charge in [-0.3, -0.25) is 4.79 Å². The summed E-state index contributed by atoms with van der Waals surface area (Å²) in [6.07, 6.45) is 0.500.